The molecule has 4 nitrogen and oxygen atoms in total. The lowest BCUT2D eigenvalue weighted by atomic mass is 9.99. The van der Waals surface area contributed by atoms with Gasteiger partial charge in [-0.1, -0.05) is 59.7 Å². The van der Waals surface area contributed by atoms with Crippen LogP contribution in [0.25, 0.3) is 0 Å². The molecule has 0 aromatic heterocycles. The number of benzene rings is 2. The van der Waals surface area contributed by atoms with E-state index in [0.717, 1.165) is 6.07 Å². The predicted octanol–water partition coefficient (Wildman–Crippen LogP) is 6.53. The van der Waals surface area contributed by atoms with Gasteiger partial charge >= 0.3 is 0 Å². The molecule has 0 heterocycles. The molecule has 0 amide bonds. The SMILES string of the molecule is COc1cc(O)cc(F)c1C(O[Si](C(C)C)(C(C)C)C(C)C)c1ccccc1O. The molecule has 6 heteroatoms. The van der Waals surface area contributed by atoms with Crippen molar-refractivity contribution in [1.29, 1.82) is 0 Å². The zero-order valence-electron chi connectivity index (χ0n) is 18.4. The molecule has 0 saturated carbocycles. The molecule has 29 heavy (non-hydrogen) atoms. The summed E-state index contributed by atoms with van der Waals surface area (Å²) in [6.07, 6.45) is -0.856. The van der Waals surface area contributed by atoms with Crippen molar-refractivity contribution < 1.29 is 23.8 Å². The normalized spacial score (nSPS) is 13.3. The molecule has 2 aromatic rings. The van der Waals surface area contributed by atoms with Crippen LogP contribution < -0.4 is 4.74 Å². The average Bonchev–Trinajstić information content (AvgIpc) is 2.62. The lowest BCUT2D eigenvalue weighted by Gasteiger charge is -2.45. The Morgan fingerprint density at radius 3 is 1.93 bits per heavy atom. The second kappa shape index (κ2) is 9.18. The van der Waals surface area contributed by atoms with Crippen LogP contribution in [0, 0.1) is 5.82 Å². The van der Waals surface area contributed by atoms with Crippen LogP contribution in [0.15, 0.2) is 36.4 Å². The second-order valence-electron chi connectivity index (χ2n) is 8.42. The van der Waals surface area contributed by atoms with E-state index < -0.39 is 20.2 Å². The van der Waals surface area contributed by atoms with E-state index in [1.54, 1.807) is 24.3 Å². The molecular formula is C23H33FO4Si. The monoisotopic (exact) mass is 420 g/mol. The van der Waals surface area contributed by atoms with E-state index in [0.29, 0.717) is 5.56 Å². The Morgan fingerprint density at radius 2 is 1.45 bits per heavy atom. The summed E-state index contributed by atoms with van der Waals surface area (Å²) in [5, 5.41) is 20.4. The number of para-hydroxylation sites is 1. The molecule has 0 radical (unpaired) electrons. The van der Waals surface area contributed by atoms with E-state index in [9.17, 15) is 10.2 Å². The smallest absolute Gasteiger partial charge is 0.201 e. The largest absolute Gasteiger partial charge is 0.508 e. The van der Waals surface area contributed by atoms with E-state index in [2.05, 4.69) is 41.5 Å². The molecule has 160 valence electrons. The van der Waals surface area contributed by atoms with Crippen LogP contribution in [-0.2, 0) is 4.43 Å². The van der Waals surface area contributed by atoms with E-state index in [-0.39, 0.29) is 39.4 Å². The van der Waals surface area contributed by atoms with Gasteiger partial charge in [-0.15, -0.1) is 0 Å². The fourth-order valence-corrected chi connectivity index (χ4v) is 10.1. The van der Waals surface area contributed by atoms with Crippen molar-refractivity contribution in [3.63, 3.8) is 0 Å². The third-order valence-corrected chi connectivity index (χ3v) is 11.9. The van der Waals surface area contributed by atoms with Crippen LogP contribution in [0.5, 0.6) is 17.2 Å². The summed E-state index contributed by atoms with van der Waals surface area (Å²) in [7, 11) is -1.02. The molecule has 0 aliphatic heterocycles. The first-order chi connectivity index (χ1) is 13.6. The maximum Gasteiger partial charge on any atom is 0.201 e. The van der Waals surface area contributed by atoms with Crippen molar-refractivity contribution in [1.82, 2.24) is 0 Å². The highest BCUT2D eigenvalue weighted by Crippen LogP contribution is 2.49. The number of phenols is 2. The zero-order valence-corrected chi connectivity index (χ0v) is 19.4. The highest BCUT2D eigenvalue weighted by molar-refractivity contribution is 6.77. The minimum atomic E-state index is -2.45. The van der Waals surface area contributed by atoms with Gasteiger partial charge in [0.25, 0.3) is 0 Å². The van der Waals surface area contributed by atoms with Gasteiger partial charge in [-0.2, -0.15) is 0 Å². The number of hydrogen-bond acceptors (Lipinski definition) is 4. The maximum atomic E-state index is 15.2. The molecule has 2 rings (SSSR count). The first-order valence-electron chi connectivity index (χ1n) is 10.1. The van der Waals surface area contributed by atoms with Crippen LogP contribution >= 0.6 is 0 Å². The molecule has 0 saturated heterocycles. The first-order valence-corrected chi connectivity index (χ1v) is 12.2. The molecule has 2 N–H and O–H groups in total. The summed E-state index contributed by atoms with van der Waals surface area (Å²) >= 11 is 0. The van der Waals surface area contributed by atoms with Gasteiger partial charge in [0.2, 0.25) is 8.32 Å². The van der Waals surface area contributed by atoms with Gasteiger partial charge in [-0.05, 0) is 22.7 Å². The van der Waals surface area contributed by atoms with E-state index in [1.165, 1.54) is 13.2 Å². The maximum absolute atomic E-state index is 15.2. The van der Waals surface area contributed by atoms with Crippen molar-refractivity contribution in [3.05, 3.63) is 53.3 Å². The summed E-state index contributed by atoms with van der Waals surface area (Å²) < 4.78 is 27.5. The molecule has 1 unspecified atom stereocenters. The topological polar surface area (TPSA) is 58.9 Å². The number of aromatic hydroxyl groups is 2. The van der Waals surface area contributed by atoms with Gasteiger partial charge in [0, 0.05) is 17.7 Å². The number of rotatable bonds is 8. The van der Waals surface area contributed by atoms with Crippen molar-refractivity contribution in [2.75, 3.05) is 7.11 Å². The highest BCUT2D eigenvalue weighted by atomic mass is 28.4. The fraction of sp³-hybridized carbons (Fsp3) is 0.478. The highest BCUT2D eigenvalue weighted by Gasteiger charge is 2.48. The summed E-state index contributed by atoms with van der Waals surface area (Å²) in [5.74, 6) is -0.630. The van der Waals surface area contributed by atoms with Crippen molar-refractivity contribution in [2.24, 2.45) is 0 Å². The molecule has 0 aliphatic carbocycles. The number of methoxy groups -OCH3 is 1. The first kappa shape index (κ1) is 23.2. The summed E-state index contributed by atoms with van der Waals surface area (Å²) in [4.78, 5) is 0. The van der Waals surface area contributed by atoms with Crippen LogP contribution in [0.3, 0.4) is 0 Å². The number of halogens is 1. The Bertz CT molecular complexity index is 814. The minimum Gasteiger partial charge on any atom is -0.508 e. The molecule has 2 aromatic carbocycles. The Morgan fingerprint density at radius 1 is 0.897 bits per heavy atom. The predicted molar refractivity (Wildman–Crippen MR) is 117 cm³/mol. The summed E-state index contributed by atoms with van der Waals surface area (Å²) in [5.41, 5.74) is 1.46. The van der Waals surface area contributed by atoms with Crippen LogP contribution in [0.4, 0.5) is 4.39 Å². The molecule has 0 spiro atoms. The lowest BCUT2D eigenvalue weighted by Crippen LogP contribution is -2.48. The third-order valence-electron chi connectivity index (χ3n) is 5.81. The van der Waals surface area contributed by atoms with Crippen LogP contribution in [0.1, 0.15) is 58.8 Å². The summed E-state index contributed by atoms with van der Waals surface area (Å²) in [6.45, 7) is 12.9. The van der Waals surface area contributed by atoms with Gasteiger partial charge in [-0.3, -0.25) is 0 Å². The zero-order chi connectivity index (χ0) is 21.9. The molecular weight excluding hydrogens is 387 g/mol. The second-order valence-corrected chi connectivity index (χ2v) is 13.8. The number of phenolic OH excluding ortho intramolecular Hbond substituents is 2. The quantitative estimate of drug-likeness (QED) is 0.477. The average molecular weight is 421 g/mol. The molecule has 0 aliphatic rings. The van der Waals surface area contributed by atoms with Gasteiger partial charge < -0.3 is 19.4 Å². The van der Waals surface area contributed by atoms with Crippen LogP contribution in [-0.4, -0.2) is 25.6 Å². The number of ether oxygens (including phenoxy) is 1. The third kappa shape index (κ3) is 4.43. The van der Waals surface area contributed by atoms with Gasteiger partial charge in [0.05, 0.1) is 12.7 Å². The van der Waals surface area contributed by atoms with E-state index in [4.69, 9.17) is 9.16 Å². The van der Waals surface area contributed by atoms with Crippen molar-refractivity contribution in [3.8, 4) is 17.2 Å². The Kier molecular flexibility index (Phi) is 7.35. The fourth-order valence-electron chi connectivity index (χ4n) is 4.60. The van der Waals surface area contributed by atoms with Crippen LogP contribution in [0.2, 0.25) is 16.6 Å². The standard InChI is InChI=1S/C23H33FO4Si/c1-14(2)29(15(3)4,16(5)6)28-23(18-10-8-9-11-20(18)26)22-19(24)12-17(25)13-21(22)27-7/h8-16,23,25-26H,1-7H3. The van der Waals surface area contributed by atoms with Gasteiger partial charge in [0.1, 0.15) is 29.2 Å². The lowest BCUT2D eigenvalue weighted by molar-refractivity contribution is 0.199. The summed E-state index contributed by atoms with van der Waals surface area (Å²) in [6, 6.07) is 9.25. The van der Waals surface area contributed by atoms with Gasteiger partial charge in [-0.25, -0.2) is 4.39 Å². The number of hydrogen-bond donors (Lipinski definition) is 2. The Hall–Kier alpha value is -2.05. The van der Waals surface area contributed by atoms with E-state index in [1.807, 2.05) is 0 Å². The molecule has 0 fully saturated rings. The molecule has 0 bridgehead atoms. The Labute approximate surface area is 174 Å². The van der Waals surface area contributed by atoms with Crippen molar-refractivity contribution in [2.45, 2.75) is 64.3 Å². The molecule has 1 atom stereocenters. The Balaban J connectivity index is 2.79. The van der Waals surface area contributed by atoms with Gasteiger partial charge in [0.15, 0.2) is 0 Å². The van der Waals surface area contributed by atoms with E-state index >= 15 is 4.39 Å². The minimum absolute atomic E-state index is 0.0335. The van der Waals surface area contributed by atoms with Crippen molar-refractivity contribution >= 4 is 8.32 Å².